The molecule has 0 aliphatic carbocycles. The van der Waals surface area contributed by atoms with E-state index in [0.717, 1.165) is 37.7 Å². The summed E-state index contributed by atoms with van der Waals surface area (Å²) in [5.41, 5.74) is 6.76. The molecular formula is C11H19N3O2. The van der Waals surface area contributed by atoms with E-state index < -0.39 is 0 Å². The Labute approximate surface area is 95.5 Å². The number of nitrogens with two attached hydrogens (primary N) is 1. The van der Waals surface area contributed by atoms with Crippen molar-refractivity contribution in [1.29, 1.82) is 0 Å². The van der Waals surface area contributed by atoms with E-state index >= 15 is 0 Å². The van der Waals surface area contributed by atoms with Gasteiger partial charge >= 0.3 is 0 Å². The number of aromatic nitrogens is 1. The summed E-state index contributed by atoms with van der Waals surface area (Å²) in [5.74, 6) is 0.905. The minimum absolute atomic E-state index is 0.0688. The molecule has 0 radical (unpaired) electrons. The Morgan fingerprint density at radius 2 is 2.50 bits per heavy atom. The number of hydrogen-bond acceptors (Lipinski definition) is 5. The van der Waals surface area contributed by atoms with Crippen LogP contribution < -0.4 is 5.73 Å². The zero-order valence-corrected chi connectivity index (χ0v) is 9.85. The number of hydrogen-bond donors (Lipinski definition) is 1. The summed E-state index contributed by atoms with van der Waals surface area (Å²) in [6.45, 7) is 7.21. The second-order valence-electron chi connectivity index (χ2n) is 4.44. The molecule has 1 fully saturated rings. The Balaban J connectivity index is 1.90. The summed E-state index contributed by atoms with van der Waals surface area (Å²) in [4.78, 5) is 2.29. The van der Waals surface area contributed by atoms with Crippen LogP contribution in [0.5, 0.6) is 0 Å². The van der Waals surface area contributed by atoms with Gasteiger partial charge in [-0.3, -0.25) is 4.90 Å². The lowest BCUT2D eigenvalue weighted by molar-refractivity contribution is -0.0423. The normalized spacial score (nSPS) is 24.6. The van der Waals surface area contributed by atoms with E-state index in [2.05, 4.69) is 10.1 Å². The van der Waals surface area contributed by atoms with Crippen LogP contribution >= 0.6 is 0 Å². The molecule has 2 heterocycles. The van der Waals surface area contributed by atoms with Gasteiger partial charge in [-0.25, -0.2) is 0 Å². The number of nitrogens with zero attached hydrogens (tertiary/aromatic N) is 2. The molecule has 1 aromatic heterocycles. The predicted molar refractivity (Wildman–Crippen MR) is 59.9 cm³/mol. The molecule has 1 aliphatic heterocycles. The van der Waals surface area contributed by atoms with Gasteiger partial charge in [0, 0.05) is 25.2 Å². The van der Waals surface area contributed by atoms with Gasteiger partial charge in [-0.15, -0.1) is 0 Å². The minimum Gasteiger partial charge on any atom is -0.374 e. The van der Waals surface area contributed by atoms with Gasteiger partial charge in [0.15, 0.2) is 5.76 Å². The van der Waals surface area contributed by atoms with Crippen LogP contribution in [0.25, 0.3) is 0 Å². The van der Waals surface area contributed by atoms with E-state index in [1.54, 1.807) is 0 Å². The summed E-state index contributed by atoms with van der Waals surface area (Å²) in [5, 5.41) is 3.88. The van der Waals surface area contributed by atoms with Crippen molar-refractivity contribution in [3.63, 3.8) is 0 Å². The van der Waals surface area contributed by atoms with Gasteiger partial charge in [0.05, 0.1) is 24.9 Å². The zero-order valence-electron chi connectivity index (χ0n) is 9.85. The molecule has 0 bridgehead atoms. The lowest BCUT2D eigenvalue weighted by Crippen LogP contribution is -2.49. The first-order valence-corrected chi connectivity index (χ1v) is 5.67. The SMILES string of the molecule is Cc1cc(CN2CCOC(C(C)N)C2)on1. The molecule has 0 aromatic carbocycles. The maximum absolute atomic E-state index is 5.84. The molecule has 1 saturated heterocycles. The summed E-state index contributed by atoms with van der Waals surface area (Å²) in [7, 11) is 0. The van der Waals surface area contributed by atoms with Gasteiger partial charge in [-0.2, -0.15) is 0 Å². The molecule has 5 nitrogen and oxygen atoms in total. The van der Waals surface area contributed by atoms with Gasteiger partial charge in [0.1, 0.15) is 0 Å². The predicted octanol–water partition coefficient (Wildman–Crippen LogP) is 0.531. The summed E-state index contributed by atoms with van der Waals surface area (Å²) in [6, 6.07) is 2.04. The third kappa shape index (κ3) is 2.81. The molecule has 2 N–H and O–H groups in total. The van der Waals surface area contributed by atoms with E-state index in [1.165, 1.54) is 0 Å². The van der Waals surface area contributed by atoms with Crippen LogP contribution in [0.2, 0.25) is 0 Å². The highest BCUT2D eigenvalue weighted by Gasteiger charge is 2.23. The van der Waals surface area contributed by atoms with Crippen molar-refractivity contribution in [1.82, 2.24) is 10.1 Å². The van der Waals surface area contributed by atoms with Crippen LogP contribution in [0.4, 0.5) is 0 Å². The van der Waals surface area contributed by atoms with E-state index in [9.17, 15) is 0 Å². The maximum Gasteiger partial charge on any atom is 0.150 e. The Bertz CT molecular complexity index is 338. The van der Waals surface area contributed by atoms with Crippen molar-refractivity contribution in [3.05, 3.63) is 17.5 Å². The van der Waals surface area contributed by atoms with Crippen molar-refractivity contribution in [2.45, 2.75) is 32.5 Å². The standard InChI is InChI=1S/C11H19N3O2/c1-8-5-10(16-13-8)6-14-3-4-15-11(7-14)9(2)12/h5,9,11H,3-4,6-7,12H2,1-2H3. The second-order valence-corrected chi connectivity index (χ2v) is 4.44. The van der Waals surface area contributed by atoms with Crippen molar-refractivity contribution >= 4 is 0 Å². The van der Waals surface area contributed by atoms with Gasteiger partial charge in [-0.1, -0.05) is 5.16 Å². The Kier molecular flexibility index (Phi) is 3.58. The first-order chi connectivity index (χ1) is 7.65. The highest BCUT2D eigenvalue weighted by Crippen LogP contribution is 2.12. The third-order valence-corrected chi connectivity index (χ3v) is 2.82. The molecule has 1 aromatic rings. The summed E-state index contributed by atoms with van der Waals surface area (Å²) >= 11 is 0. The second kappa shape index (κ2) is 4.95. The van der Waals surface area contributed by atoms with E-state index in [-0.39, 0.29) is 12.1 Å². The molecular weight excluding hydrogens is 206 g/mol. The average molecular weight is 225 g/mol. The van der Waals surface area contributed by atoms with Gasteiger partial charge in [-0.05, 0) is 13.8 Å². The number of rotatable bonds is 3. The van der Waals surface area contributed by atoms with Crippen LogP contribution in [0.3, 0.4) is 0 Å². The molecule has 2 atom stereocenters. The van der Waals surface area contributed by atoms with Gasteiger partial charge < -0.3 is 15.0 Å². The van der Waals surface area contributed by atoms with Crippen molar-refractivity contribution < 1.29 is 9.26 Å². The fourth-order valence-corrected chi connectivity index (χ4v) is 1.90. The van der Waals surface area contributed by atoms with Gasteiger partial charge in [0.2, 0.25) is 0 Å². The largest absolute Gasteiger partial charge is 0.374 e. The first-order valence-electron chi connectivity index (χ1n) is 5.67. The van der Waals surface area contributed by atoms with Crippen molar-refractivity contribution in [3.8, 4) is 0 Å². The molecule has 90 valence electrons. The maximum atomic E-state index is 5.84. The molecule has 1 aliphatic rings. The smallest absolute Gasteiger partial charge is 0.150 e. The minimum atomic E-state index is 0.0688. The van der Waals surface area contributed by atoms with Crippen molar-refractivity contribution in [2.24, 2.45) is 5.73 Å². The Hall–Kier alpha value is -0.910. The summed E-state index contributed by atoms with van der Waals surface area (Å²) in [6.07, 6.45) is 0.123. The lowest BCUT2D eigenvalue weighted by atomic mass is 10.1. The fourth-order valence-electron chi connectivity index (χ4n) is 1.90. The van der Waals surface area contributed by atoms with E-state index in [4.69, 9.17) is 15.0 Å². The number of ether oxygens (including phenoxy) is 1. The third-order valence-electron chi connectivity index (χ3n) is 2.82. The molecule has 0 amide bonds. The van der Waals surface area contributed by atoms with E-state index in [1.807, 2.05) is 19.9 Å². The number of aryl methyl sites for hydroxylation is 1. The highest BCUT2D eigenvalue weighted by atomic mass is 16.5. The summed E-state index contributed by atoms with van der Waals surface area (Å²) < 4.78 is 10.8. The van der Waals surface area contributed by atoms with Crippen LogP contribution in [-0.2, 0) is 11.3 Å². The van der Waals surface area contributed by atoms with Crippen molar-refractivity contribution in [2.75, 3.05) is 19.7 Å². The number of morpholine rings is 1. The van der Waals surface area contributed by atoms with Crippen LogP contribution in [0, 0.1) is 6.92 Å². The van der Waals surface area contributed by atoms with Gasteiger partial charge in [0.25, 0.3) is 0 Å². The Morgan fingerprint density at radius 1 is 1.69 bits per heavy atom. The first kappa shape index (κ1) is 11.6. The molecule has 16 heavy (non-hydrogen) atoms. The van der Waals surface area contributed by atoms with Crippen LogP contribution in [0.1, 0.15) is 18.4 Å². The molecule has 0 saturated carbocycles. The zero-order chi connectivity index (χ0) is 11.5. The molecule has 2 rings (SSSR count). The van der Waals surface area contributed by atoms with E-state index in [0.29, 0.717) is 0 Å². The highest BCUT2D eigenvalue weighted by molar-refractivity contribution is 5.03. The van der Waals surface area contributed by atoms with Crippen LogP contribution in [-0.4, -0.2) is 41.9 Å². The molecule has 5 heteroatoms. The lowest BCUT2D eigenvalue weighted by Gasteiger charge is -2.34. The average Bonchev–Trinajstić information content (AvgIpc) is 2.64. The topological polar surface area (TPSA) is 64.5 Å². The Morgan fingerprint density at radius 3 is 3.12 bits per heavy atom. The monoisotopic (exact) mass is 225 g/mol. The van der Waals surface area contributed by atoms with Crippen LogP contribution in [0.15, 0.2) is 10.6 Å². The quantitative estimate of drug-likeness (QED) is 0.813. The fraction of sp³-hybridized carbons (Fsp3) is 0.727. The molecule has 2 unspecified atom stereocenters. The molecule has 0 spiro atoms.